The summed E-state index contributed by atoms with van der Waals surface area (Å²) in [5, 5.41) is 20.6. The Labute approximate surface area is 119 Å². The van der Waals surface area contributed by atoms with E-state index in [9.17, 15) is 10.4 Å². The van der Waals surface area contributed by atoms with Gasteiger partial charge in [-0.15, -0.1) is 0 Å². The molecule has 0 aliphatic carbocycles. The van der Waals surface area contributed by atoms with Crippen LogP contribution in [0.3, 0.4) is 0 Å². The summed E-state index contributed by atoms with van der Waals surface area (Å²) in [6, 6.07) is 8.32. The van der Waals surface area contributed by atoms with Crippen molar-refractivity contribution in [2.24, 2.45) is 0 Å². The van der Waals surface area contributed by atoms with Crippen LogP contribution in [0.2, 0.25) is 0 Å². The maximum atomic E-state index is 11.2. The van der Waals surface area contributed by atoms with Crippen LogP contribution in [0.15, 0.2) is 18.2 Å². The molecular formula is C16H20N2O2. The first-order chi connectivity index (χ1) is 9.55. The van der Waals surface area contributed by atoms with E-state index in [1.165, 1.54) is 0 Å². The van der Waals surface area contributed by atoms with Crippen LogP contribution < -0.4 is 0 Å². The van der Waals surface area contributed by atoms with Crippen LogP contribution in [-0.4, -0.2) is 42.4 Å². The van der Waals surface area contributed by atoms with E-state index in [0.717, 1.165) is 11.1 Å². The smallest absolute Gasteiger partial charge is 0.0995 e. The van der Waals surface area contributed by atoms with Crippen molar-refractivity contribution in [2.75, 3.05) is 20.3 Å². The Morgan fingerprint density at radius 1 is 1.35 bits per heavy atom. The molecule has 1 aromatic rings. The summed E-state index contributed by atoms with van der Waals surface area (Å²) in [6.07, 6.45) is 1.25. The number of rotatable bonds is 1. The molecule has 2 saturated heterocycles. The first-order valence-corrected chi connectivity index (χ1v) is 7.07. The van der Waals surface area contributed by atoms with E-state index < -0.39 is 5.60 Å². The second kappa shape index (κ2) is 4.85. The van der Waals surface area contributed by atoms with Crippen molar-refractivity contribution >= 4 is 0 Å². The lowest BCUT2D eigenvalue weighted by Gasteiger charge is -2.50. The second-order valence-electron chi connectivity index (χ2n) is 6.06. The molecular weight excluding hydrogens is 252 g/mol. The molecule has 0 amide bonds. The molecule has 0 radical (unpaired) electrons. The number of likely N-dealkylation sites (N-methyl/N-ethyl adjacent to an activating group) is 1. The third-order valence-corrected chi connectivity index (χ3v) is 4.78. The fourth-order valence-corrected chi connectivity index (χ4v) is 3.72. The fraction of sp³-hybridized carbons (Fsp3) is 0.562. The zero-order valence-corrected chi connectivity index (χ0v) is 12.0. The molecule has 4 nitrogen and oxygen atoms in total. The Morgan fingerprint density at radius 3 is 2.60 bits per heavy atom. The number of aliphatic hydroxyl groups is 1. The first-order valence-electron chi connectivity index (χ1n) is 7.07. The van der Waals surface area contributed by atoms with Gasteiger partial charge in [0.25, 0.3) is 0 Å². The number of morpholine rings is 1. The molecule has 2 fully saturated rings. The number of piperidine rings is 1. The van der Waals surface area contributed by atoms with E-state index in [1.54, 1.807) is 6.07 Å². The minimum absolute atomic E-state index is 0.221. The van der Waals surface area contributed by atoms with Gasteiger partial charge in [0.2, 0.25) is 0 Å². The van der Waals surface area contributed by atoms with Gasteiger partial charge in [-0.2, -0.15) is 5.26 Å². The van der Waals surface area contributed by atoms with Crippen molar-refractivity contribution in [1.82, 2.24) is 4.90 Å². The molecule has 2 atom stereocenters. The van der Waals surface area contributed by atoms with E-state index in [4.69, 9.17) is 4.74 Å². The Bertz CT molecular complexity index is 550. The molecule has 2 heterocycles. The molecule has 0 spiro atoms. The largest absolute Gasteiger partial charge is 0.385 e. The van der Waals surface area contributed by atoms with Gasteiger partial charge >= 0.3 is 0 Å². The highest BCUT2D eigenvalue weighted by atomic mass is 16.5. The molecule has 2 unspecified atom stereocenters. The summed E-state index contributed by atoms with van der Waals surface area (Å²) in [7, 11) is 2.10. The maximum absolute atomic E-state index is 11.2. The SMILES string of the molecule is Cc1cccc(C#N)c1C1(O)CC2COCC(C1)N2C. The van der Waals surface area contributed by atoms with Gasteiger partial charge in [0.05, 0.1) is 30.4 Å². The minimum atomic E-state index is -0.915. The summed E-state index contributed by atoms with van der Waals surface area (Å²) in [5.41, 5.74) is 1.49. The van der Waals surface area contributed by atoms with Crippen molar-refractivity contribution in [3.63, 3.8) is 0 Å². The number of benzene rings is 1. The van der Waals surface area contributed by atoms with Crippen molar-refractivity contribution in [3.05, 3.63) is 34.9 Å². The van der Waals surface area contributed by atoms with Crippen LogP contribution in [0, 0.1) is 18.3 Å². The minimum Gasteiger partial charge on any atom is -0.385 e. The van der Waals surface area contributed by atoms with Crippen LogP contribution in [0.5, 0.6) is 0 Å². The highest BCUT2D eigenvalue weighted by Crippen LogP contribution is 2.42. The maximum Gasteiger partial charge on any atom is 0.0995 e. The van der Waals surface area contributed by atoms with Gasteiger partial charge in [0.1, 0.15) is 0 Å². The average molecular weight is 272 g/mol. The third-order valence-electron chi connectivity index (χ3n) is 4.78. The molecule has 4 heteroatoms. The molecule has 2 bridgehead atoms. The quantitative estimate of drug-likeness (QED) is 0.842. The standard InChI is InChI=1S/C16H20N2O2/c1-11-4-3-5-12(8-17)15(11)16(19)6-13-9-20-10-14(7-16)18(13)2/h3-5,13-14,19H,6-7,9-10H2,1-2H3. The van der Waals surface area contributed by atoms with Crippen molar-refractivity contribution in [3.8, 4) is 6.07 Å². The third kappa shape index (κ3) is 2.03. The summed E-state index contributed by atoms with van der Waals surface area (Å²) in [6.45, 7) is 3.28. The highest BCUT2D eigenvalue weighted by molar-refractivity contribution is 5.46. The number of hydrogen-bond donors (Lipinski definition) is 1. The number of hydrogen-bond acceptors (Lipinski definition) is 4. The molecule has 1 aromatic carbocycles. The molecule has 20 heavy (non-hydrogen) atoms. The number of aryl methyl sites for hydroxylation is 1. The predicted octanol–water partition coefficient (Wildman–Crippen LogP) is 1.55. The summed E-state index contributed by atoms with van der Waals surface area (Å²) in [5.74, 6) is 0. The van der Waals surface area contributed by atoms with E-state index in [0.29, 0.717) is 31.6 Å². The Morgan fingerprint density at radius 2 is 2.00 bits per heavy atom. The molecule has 1 N–H and O–H groups in total. The van der Waals surface area contributed by atoms with Crippen LogP contribution >= 0.6 is 0 Å². The number of ether oxygens (including phenoxy) is 1. The van der Waals surface area contributed by atoms with Gasteiger partial charge < -0.3 is 9.84 Å². The van der Waals surface area contributed by atoms with Crippen LogP contribution in [0.4, 0.5) is 0 Å². The number of nitrogens with zero attached hydrogens (tertiary/aromatic N) is 2. The predicted molar refractivity (Wildman–Crippen MR) is 75.2 cm³/mol. The molecule has 2 aliphatic heterocycles. The van der Waals surface area contributed by atoms with Crippen molar-refractivity contribution in [2.45, 2.75) is 37.5 Å². The van der Waals surface area contributed by atoms with Gasteiger partial charge in [-0.25, -0.2) is 0 Å². The molecule has 2 aliphatic rings. The average Bonchev–Trinajstić information content (AvgIpc) is 2.40. The lowest BCUT2D eigenvalue weighted by atomic mass is 9.74. The zero-order valence-electron chi connectivity index (χ0n) is 12.0. The van der Waals surface area contributed by atoms with E-state index in [-0.39, 0.29) is 12.1 Å². The lowest BCUT2D eigenvalue weighted by Crippen LogP contribution is -2.59. The highest BCUT2D eigenvalue weighted by Gasteiger charge is 2.46. The zero-order chi connectivity index (χ0) is 14.3. The molecule has 3 rings (SSSR count). The van der Waals surface area contributed by atoms with Crippen LogP contribution in [0.25, 0.3) is 0 Å². The number of nitriles is 1. The van der Waals surface area contributed by atoms with Crippen molar-refractivity contribution < 1.29 is 9.84 Å². The Kier molecular flexibility index (Phi) is 3.29. The van der Waals surface area contributed by atoms with Gasteiger partial charge in [-0.1, -0.05) is 12.1 Å². The van der Waals surface area contributed by atoms with Crippen LogP contribution in [0.1, 0.15) is 29.5 Å². The summed E-state index contributed by atoms with van der Waals surface area (Å²) < 4.78 is 5.61. The first kappa shape index (κ1) is 13.6. The molecule has 0 aromatic heterocycles. The number of fused-ring (bicyclic) bond motifs is 2. The Hall–Kier alpha value is -1.41. The topological polar surface area (TPSA) is 56.5 Å². The Balaban J connectivity index is 2.04. The van der Waals surface area contributed by atoms with E-state index in [2.05, 4.69) is 18.0 Å². The monoisotopic (exact) mass is 272 g/mol. The van der Waals surface area contributed by atoms with Crippen molar-refractivity contribution in [1.29, 1.82) is 5.26 Å². The lowest BCUT2D eigenvalue weighted by molar-refractivity contribution is -0.138. The van der Waals surface area contributed by atoms with Gasteiger partial charge in [-0.3, -0.25) is 4.90 Å². The van der Waals surface area contributed by atoms with E-state index in [1.807, 2.05) is 19.1 Å². The van der Waals surface area contributed by atoms with Gasteiger partial charge in [0, 0.05) is 17.6 Å². The van der Waals surface area contributed by atoms with Gasteiger partial charge in [-0.05, 0) is 38.4 Å². The van der Waals surface area contributed by atoms with Crippen LogP contribution in [-0.2, 0) is 10.3 Å². The summed E-state index contributed by atoms with van der Waals surface area (Å²) in [4.78, 5) is 2.31. The molecule has 106 valence electrons. The fourth-order valence-electron chi connectivity index (χ4n) is 3.72. The normalized spacial score (nSPS) is 33.7. The second-order valence-corrected chi connectivity index (χ2v) is 6.06. The summed E-state index contributed by atoms with van der Waals surface area (Å²) >= 11 is 0. The van der Waals surface area contributed by atoms with Gasteiger partial charge in [0.15, 0.2) is 0 Å². The van der Waals surface area contributed by atoms with E-state index >= 15 is 0 Å². The molecule has 0 saturated carbocycles.